The van der Waals surface area contributed by atoms with Gasteiger partial charge in [-0.15, -0.1) is 10.2 Å². The Hall–Kier alpha value is -3.84. The van der Waals surface area contributed by atoms with Crippen LogP contribution in [-0.4, -0.2) is 26.4 Å². The van der Waals surface area contributed by atoms with Crippen LogP contribution in [0.25, 0.3) is 22.4 Å². The van der Waals surface area contributed by atoms with Crippen molar-refractivity contribution >= 4 is 28.4 Å². The Morgan fingerprint density at radius 2 is 1.76 bits per heavy atom. The molecule has 0 spiro atoms. The van der Waals surface area contributed by atoms with Gasteiger partial charge >= 0.3 is 0 Å². The van der Waals surface area contributed by atoms with E-state index in [1.807, 2.05) is 60.0 Å². The van der Waals surface area contributed by atoms with Crippen molar-refractivity contribution in [2.75, 3.05) is 5.75 Å². The van der Waals surface area contributed by atoms with E-state index in [1.165, 1.54) is 11.8 Å². The number of benzene rings is 3. The third kappa shape index (κ3) is 4.75. The average Bonchev–Trinajstić information content (AvgIpc) is 3.53. The number of carbonyl (C=O) groups is 1. The number of nitrogens with zero attached hydrogens (tertiary/aromatic N) is 3. The van der Waals surface area contributed by atoms with Gasteiger partial charge in [-0.2, -0.15) is 0 Å². The molecule has 1 atom stereocenters. The number of fused-ring (bicyclic) bond motifs is 1. The summed E-state index contributed by atoms with van der Waals surface area (Å²) in [5.41, 5.74) is 2.22. The van der Waals surface area contributed by atoms with Crippen LogP contribution < -0.4 is 5.32 Å². The molecule has 0 bridgehead atoms. The van der Waals surface area contributed by atoms with Crippen LogP contribution in [0, 0.1) is 0 Å². The van der Waals surface area contributed by atoms with Crippen molar-refractivity contribution in [2.45, 2.75) is 24.7 Å². The van der Waals surface area contributed by atoms with Crippen molar-refractivity contribution in [1.29, 1.82) is 0 Å². The van der Waals surface area contributed by atoms with E-state index in [9.17, 15) is 4.79 Å². The summed E-state index contributed by atoms with van der Waals surface area (Å²) in [5.74, 6) is 1.46. The van der Waals surface area contributed by atoms with Crippen LogP contribution in [0.3, 0.4) is 0 Å². The first-order valence-corrected chi connectivity index (χ1v) is 12.1. The molecule has 3 aromatic carbocycles. The van der Waals surface area contributed by atoms with Crippen LogP contribution >= 0.6 is 11.8 Å². The smallest absolute Gasteiger partial charge is 0.230 e. The van der Waals surface area contributed by atoms with Crippen molar-refractivity contribution in [3.8, 4) is 11.6 Å². The Balaban J connectivity index is 1.31. The van der Waals surface area contributed by atoms with Gasteiger partial charge in [-0.25, -0.2) is 0 Å². The lowest BCUT2D eigenvalue weighted by Crippen LogP contribution is -2.28. The minimum Gasteiger partial charge on any atom is -0.461 e. The van der Waals surface area contributed by atoms with Gasteiger partial charge in [0.05, 0.1) is 24.6 Å². The number of hydrogen-bond donors (Lipinski definition) is 1. The predicted molar refractivity (Wildman–Crippen MR) is 134 cm³/mol. The lowest BCUT2D eigenvalue weighted by molar-refractivity contribution is -0.119. The third-order valence-electron chi connectivity index (χ3n) is 5.64. The van der Waals surface area contributed by atoms with Crippen LogP contribution in [0.15, 0.2) is 101 Å². The molecule has 5 aromatic rings. The molecular formula is C27H24N4O2S. The Morgan fingerprint density at radius 1 is 0.971 bits per heavy atom. The topological polar surface area (TPSA) is 73.0 Å². The van der Waals surface area contributed by atoms with E-state index in [2.05, 4.69) is 51.9 Å². The standard InChI is InChI=1S/C27H24N4O2S/c1-19(22-14-7-12-21-11-5-6-13-23(21)22)28-25(32)18-34-27-30-29-26(24-15-8-16-33-24)31(27)17-20-9-3-2-4-10-20/h2-16,19H,17-18H2,1H3,(H,28,32). The molecule has 6 nitrogen and oxygen atoms in total. The number of aromatic nitrogens is 3. The molecule has 1 unspecified atom stereocenters. The van der Waals surface area contributed by atoms with Crippen molar-refractivity contribution in [1.82, 2.24) is 20.1 Å². The monoisotopic (exact) mass is 468 g/mol. The molecule has 0 fully saturated rings. The molecule has 0 aliphatic carbocycles. The molecule has 170 valence electrons. The molecule has 0 radical (unpaired) electrons. The number of hydrogen-bond acceptors (Lipinski definition) is 5. The molecule has 1 amide bonds. The first-order valence-electron chi connectivity index (χ1n) is 11.1. The summed E-state index contributed by atoms with van der Waals surface area (Å²) in [4.78, 5) is 12.8. The summed E-state index contributed by atoms with van der Waals surface area (Å²) >= 11 is 1.37. The van der Waals surface area contributed by atoms with Gasteiger partial charge in [-0.05, 0) is 41.0 Å². The first-order chi connectivity index (χ1) is 16.7. The highest BCUT2D eigenvalue weighted by molar-refractivity contribution is 7.99. The lowest BCUT2D eigenvalue weighted by atomic mass is 10.00. The Labute approximate surface area is 202 Å². The van der Waals surface area contributed by atoms with E-state index in [1.54, 1.807) is 6.26 Å². The number of rotatable bonds is 8. The molecule has 2 aromatic heterocycles. The van der Waals surface area contributed by atoms with Gasteiger partial charge in [-0.1, -0.05) is 84.6 Å². The normalized spacial score (nSPS) is 12.0. The summed E-state index contributed by atoms with van der Waals surface area (Å²) < 4.78 is 7.55. The zero-order valence-electron chi connectivity index (χ0n) is 18.7. The largest absolute Gasteiger partial charge is 0.461 e. The number of carbonyl (C=O) groups excluding carboxylic acids is 1. The minimum absolute atomic E-state index is 0.0563. The summed E-state index contributed by atoms with van der Waals surface area (Å²) in [5, 5.41) is 14.8. The fourth-order valence-electron chi connectivity index (χ4n) is 4.01. The molecule has 0 saturated carbocycles. The van der Waals surface area contributed by atoms with E-state index in [0.717, 1.165) is 21.9 Å². The second-order valence-electron chi connectivity index (χ2n) is 8.00. The van der Waals surface area contributed by atoms with Gasteiger partial charge in [-0.3, -0.25) is 9.36 Å². The van der Waals surface area contributed by atoms with E-state index < -0.39 is 0 Å². The lowest BCUT2D eigenvalue weighted by Gasteiger charge is -2.16. The summed E-state index contributed by atoms with van der Waals surface area (Å²) in [6.07, 6.45) is 1.62. The van der Waals surface area contributed by atoms with E-state index >= 15 is 0 Å². The van der Waals surface area contributed by atoms with Crippen molar-refractivity contribution in [2.24, 2.45) is 0 Å². The number of furan rings is 1. The fourth-order valence-corrected chi connectivity index (χ4v) is 4.76. The maximum atomic E-state index is 12.8. The minimum atomic E-state index is -0.111. The third-order valence-corrected chi connectivity index (χ3v) is 6.61. The fraction of sp³-hybridized carbons (Fsp3) is 0.148. The Bertz CT molecular complexity index is 1390. The van der Waals surface area contributed by atoms with Gasteiger partial charge in [0.25, 0.3) is 0 Å². The Kier molecular flexibility index (Phi) is 6.44. The van der Waals surface area contributed by atoms with Gasteiger partial charge in [0.2, 0.25) is 11.7 Å². The van der Waals surface area contributed by atoms with Crippen molar-refractivity contribution in [3.63, 3.8) is 0 Å². The zero-order chi connectivity index (χ0) is 23.3. The highest BCUT2D eigenvalue weighted by Gasteiger charge is 2.19. The molecule has 7 heteroatoms. The molecule has 0 aliphatic rings. The SMILES string of the molecule is CC(NC(=O)CSc1nnc(-c2ccco2)n1Cc1ccccc1)c1cccc2ccccc12. The quantitative estimate of drug-likeness (QED) is 0.295. The molecule has 2 heterocycles. The van der Waals surface area contributed by atoms with Crippen molar-refractivity contribution in [3.05, 3.63) is 102 Å². The second kappa shape index (κ2) is 9.97. The maximum Gasteiger partial charge on any atom is 0.230 e. The summed E-state index contributed by atoms with van der Waals surface area (Å²) in [6.45, 7) is 2.59. The molecule has 0 aliphatic heterocycles. The first kappa shape index (κ1) is 22.0. The van der Waals surface area contributed by atoms with Gasteiger partial charge in [0.15, 0.2) is 10.9 Å². The van der Waals surface area contributed by atoms with E-state index in [-0.39, 0.29) is 17.7 Å². The summed E-state index contributed by atoms with van der Waals surface area (Å²) in [7, 11) is 0. The van der Waals surface area contributed by atoms with Crippen LogP contribution in [-0.2, 0) is 11.3 Å². The molecule has 1 N–H and O–H groups in total. The number of amides is 1. The van der Waals surface area contributed by atoms with Crippen LogP contribution in [0.1, 0.15) is 24.1 Å². The van der Waals surface area contributed by atoms with Crippen LogP contribution in [0.2, 0.25) is 0 Å². The molecule has 34 heavy (non-hydrogen) atoms. The maximum absolute atomic E-state index is 12.8. The highest BCUT2D eigenvalue weighted by atomic mass is 32.2. The predicted octanol–water partition coefficient (Wildman–Crippen LogP) is 5.71. The van der Waals surface area contributed by atoms with E-state index in [4.69, 9.17) is 4.42 Å². The molecular weight excluding hydrogens is 444 g/mol. The van der Waals surface area contributed by atoms with Crippen molar-refractivity contribution < 1.29 is 9.21 Å². The molecule has 5 rings (SSSR count). The number of thioether (sulfide) groups is 1. The van der Waals surface area contributed by atoms with Gasteiger partial charge in [0, 0.05) is 0 Å². The van der Waals surface area contributed by atoms with Gasteiger partial charge < -0.3 is 9.73 Å². The molecule has 0 saturated heterocycles. The highest BCUT2D eigenvalue weighted by Crippen LogP contribution is 2.27. The second-order valence-corrected chi connectivity index (χ2v) is 8.94. The number of nitrogens with one attached hydrogen (secondary N) is 1. The summed E-state index contributed by atoms with van der Waals surface area (Å²) in [6, 6.07) is 28.1. The van der Waals surface area contributed by atoms with Crippen LogP contribution in [0.4, 0.5) is 0 Å². The average molecular weight is 469 g/mol. The van der Waals surface area contributed by atoms with Gasteiger partial charge in [0.1, 0.15) is 0 Å². The van der Waals surface area contributed by atoms with E-state index in [0.29, 0.717) is 23.3 Å². The Morgan fingerprint density at radius 3 is 2.59 bits per heavy atom. The van der Waals surface area contributed by atoms with Crippen LogP contribution in [0.5, 0.6) is 0 Å². The zero-order valence-corrected chi connectivity index (χ0v) is 19.5.